The maximum atomic E-state index is 12.1. The van der Waals surface area contributed by atoms with Crippen LogP contribution in [0.4, 0.5) is 0 Å². The zero-order valence-corrected chi connectivity index (χ0v) is 9.19. The van der Waals surface area contributed by atoms with Crippen molar-refractivity contribution in [1.29, 1.82) is 0 Å². The summed E-state index contributed by atoms with van der Waals surface area (Å²) in [6.45, 7) is 3.78. The molecule has 0 heterocycles. The first-order valence-corrected chi connectivity index (χ1v) is 5.46. The third kappa shape index (κ3) is 1.81. The molecule has 80 valence electrons. The highest BCUT2D eigenvalue weighted by molar-refractivity contribution is 6.00. The Kier molecular flexibility index (Phi) is 2.37. The van der Waals surface area contributed by atoms with Crippen LogP contribution in [0.3, 0.4) is 0 Å². The summed E-state index contributed by atoms with van der Waals surface area (Å²) < 4.78 is 0. The normalized spacial score (nSPS) is 25.7. The molecule has 0 aromatic rings. The summed E-state index contributed by atoms with van der Waals surface area (Å²) in [5, 5.41) is 0. The van der Waals surface area contributed by atoms with E-state index in [-0.39, 0.29) is 23.4 Å². The molecule has 2 rings (SSSR count). The molecule has 1 saturated carbocycles. The molecule has 2 aliphatic carbocycles. The van der Waals surface area contributed by atoms with Crippen molar-refractivity contribution in [3.63, 3.8) is 0 Å². The van der Waals surface area contributed by atoms with Gasteiger partial charge < -0.3 is 0 Å². The lowest BCUT2D eigenvalue weighted by Crippen LogP contribution is -2.37. The third-order valence-corrected chi connectivity index (χ3v) is 3.34. The second kappa shape index (κ2) is 3.44. The van der Waals surface area contributed by atoms with E-state index >= 15 is 0 Å². The fraction of sp³-hybridized carbons (Fsp3) is 0.538. The van der Waals surface area contributed by atoms with Gasteiger partial charge in [0.1, 0.15) is 5.78 Å². The fourth-order valence-corrected chi connectivity index (χ4v) is 2.15. The van der Waals surface area contributed by atoms with Crippen molar-refractivity contribution < 1.29 is 9.59 Å². The van der Waals surface area contributed by atoms with Crippen LogP contribution in [0.25, 0.3) is 0 Å². The van der Waals surface area contributed by atoms with Gasteiger partial charge in [0.2, 0.25) is 0 Å². The molecular formula is C13H16O2. The van der Waals surface area contributed by atoms with Gasteiger partial charge in [0.15, 0.2) is 5.78 Å². The standard InChI is InChI=1S/C13H16O2/c1-13(2,12(15)9-7-8-9)10-5-3-4-6-11(10)14/h3-6,9-10H,7-8H2,1-2H3. The minimum Gasteiger partial charge on any atom is -0.299 e. The summed E-state index contributed by atoms with van der Waals surface area (Å²) in [7, 11) is 0. The van der Waals surface area contributed by atoms with Crippen LogP contribution in [0, 0.1) is 17.3 Å². The molecule has 1 unspecified atom stereocenters. The molecule has 0 bridgehead atoms. The van der Waals surface area contributed by atoms with Crippen LogP contribution in [-0.2, 0) is 9.59 Å². The van der Waals surface area contributed by atoms with Gasteiger partial charge in [0.05, 0.1) is 5.92 Å². The van der Waals surface area contributed by atoms with Crippen molar-refractivity contribution in [2.75, 3.05) is 0 Å². The Hall–Kier alpha value is -1.18. The second-order valence-corrected chi connectivity index (χ2v) is 4.98. The lowest BCUT2D eigenvalue weighted by atomic mass is 9.71. The van der Waals surface area contributed by atoms with Crippen LogP contribution < -0.4 is 0 Å². The molecule has 0 amide bonds. The molecule has 0 aromatic carbocycles. The predicted octanol–water partition coefficient (Wildman–Crippen LogP) is 2.30. The van der Waals surface area contributed by atoms with Gasteiger partial charge in [-0.2, -0.15) is 0 Å². The summed E-state index contributed by atoms with van der Waals surface area (Å²) in [4.78, 5) is 23.8. The number of hydrogen-bond donors (Lipinski definition) is 0. The van der Waals surface area contributed by atoms with Crippen LogP contribution in [0.1, 0.15) is 26.7 Å². The van der Waals surface area contributed by atoms with E-state index < -0.39 is 5.41 Å². The van der Waals surface area contributed by atoms with Crippen LogP contribution in [-0.4, -0.2) is 11.6 Å². The number of carbonyl (C=O) groups is 2. The van der Waals surface area contributed by atoms with Crippen molar-refractivity contribution in [1.82, 2.24) is 0 Å². The summed E-state index contributed by atoms with van der Waals surface area (Å²) in [6.07, 6.45) is 9.01. The van der Waals surface area contributed by atoms with Gasteiger partial charge in [0, 0.05) is 11.3 Å². The highest BCUT2D eigenvalue weighted by Gasteiger charge is 2.45. The molecule has 15 heavy (non-hydrogen) atoms. The number of rotatable bonds is 3. The molecule has 0 aromatic heterocycles. The minimum atomic E-state index is -0.542. The Morgan fingerprint density at radius 1 is 1.33 bits per heavy atom. The van der Waals surface area contributed by atoms with Gasteiger partial charge in [-0.05, 0) is 18.9 Å². The molecule has 0 spiro atoms. The summed E-state index contributed by atoms with van der Waals surface area (Å²) in [5.41, 5.74) is -0.542. The molecule has 1 fully saturated rings. The average molecular weight is 204 g/mol. The summed E-state index contributed by atoms with van der Waals surface area (Å²) >= 11 is 0. The van der Waals surface area contributed by atoms with E-state index in [9.17, 15) is 9.59 Å². The lowest BCUT2D eigenvalue weighted by molar-refractivity contribution is -0.135. The highest BCUT2D eigenvalue weighted by Crippen LogP contribution is 2.41. The van der Waals surface area contributed by atoms with Crippen molar-refractivity contribution >= 4 is 11.6 Å². The van der Waals surface area contributed by atoms with Gasteiger partial charge in [0.25, 0.3) is 0 Å². The monoisotopic (exact) mass is 204 g/mol. The van der Waals surface area contributed by atoms with E-state index in [1.54, 1.807) is 12.2 Å². The molecule has 0 N–H and O–H groups in total. The van der Waals surface area contributed by atoms with E-state index in [4.69, 9.17) is 0 Å². The molecule has 1 atom stereocenters. The Morgan fingerprint density at radius 2 is 2.00 bits per heavy atom. The fourth-order valence-electron chi connectivity index (χ4n) is 2.15. The largest absolute Gasteiger partial charge is 0.299 e. The van der Waals surface area contributed by atoms with E-state index in [1.807, 2.05) is 26.0 Å². The number of Topliss-reactive ketones (excluding diaryl/α,β-unsaturated/α-hetero) is 1. The first-order chi connectivity index (χ1) is 7.03. The predicted molar refractivity (Wildman–Crippen MR) is 58.3 cm³/mol. The Morgan fingerprint density at radius 3 is 2.53 bits per heavy atom. The van der Waals surface area contributed by atoms with Gasteiger partial charge in [-0.25, -0.2) is 0 Å². The molecular weight excluding hydrogens is 188 g/mol. The molecule has 2 nitrogen and oxygen atoms in total. The van der Waals surface area contributed by atoms with E-state index in [0.29, 0.717) is 0 Å². The Bertz CT molecular complexity index is 357. The SMILES string of the molecule is CC(C)(C(=O)C1CC1)C1C=CC=CC1=O. The second-order valence-electron chi connectivity index (χ2n) is 4.98. The Balaban J connectivity index is 2.20. The number of carbonyl (C=O) groups excluding carboxylic acids is 2. The lowest BCUT2D eigenvalue weighted by Gasteiger charge is -2.30. The molecule has 0 radical (unpaired) electrons. The van der Waals surface area contributed by atoms with Gasteiger partial charge in [-0.3, -0.25) is 9.59 Å². The number of allylic oxidation sites excluding steroid dienone is 4. The topological polar surface area (TPSA) is 34.1 Å². The zero-order valence-electron chi connectivity index (χ0n) is 9.19. The smallest absolute Gasteiger partial charge is 0.163 e. The van der Waals surface area contributed by atoms with Crippen molar-refractivity contribution in [2.45, 2.75) is 26.7 Å². The Labute approximate surface area is 90.1 Å². The van der Waals surface area contributed by atoms with Gasteiger partial charge >= 0.3 is 0 Å². The van der Waals surface area contributed by atoms with Crippen molar-refractivity contribution in [2.24, 2.45) is 17.3 Å². The minimum absolute atomic E-state index is 0.0523. The average Bonchev–Trinajstić information content (AvgIpc) is 3.00. The quantitative estimate of drug-likeness (QED) is 0.707. The van der Waals surface area contributed by atoms with Crippen LogP contribution in [0.15, 0.2) is 24.3 Å². The molecule has 0 aliphatic heterocycles. The van der Waals surface area contributed by atoms with Crippen LogP contribution in [0.2, 0.25) is 0 Å². The van der Waals surface area contributed by atoms with Crippen molar-refractivity contribution in [3.05, 3.63) is 24.3 Å². The first-order valence-electron chi connectivity index (χ1n) is 5.46. The maximum absolute atomic E-state index is 12.1. The van der Waals surface area contributed by atoms with E-state index in [2.05, 4.69) is 0 Å². The first kappa shape index (κ1) is 10.3. The van der Waals surface area contributed by atoms with Crippen LogP contribution >= 0.6 is 0 Å². The zero-order chi connectivity index (χ0) is 11.1. The third-order valence-electron chi connectivity index (χ3n) is 3.34. The summed E-state index contributed by atoms with van der Waals surface area (Å²) in [6, 6.07) is 0. The molecule has 2 heteroatoms. The van der Waals surface area contributed by atoms with Gasteiger partial charge in [-0.1, -0.05) is 32.1 Å². The number of ketones is 2. The molecule has 2 aliphatic rings. The van der Waals surface area contributed by atoms with E-state index in [1.165, 1.54) is 0 Å². The van der Waals surface area contributed by atoms with Crippen molar-refractivity contribution in [3.8, 4) is 0 Å². The van der Waals surface area contributed by atoms with Crippen LogP contribution in [0.5, 0.6) is 0 Å². The van der Waals surface area contributed by atoms with E-state index in [0.717, 1.165) is 12.8 Å². The van der Waals surface area contributed by atoms with Gasteiger partial charge in [-0.15, -0.1) is 0 Å². The molecule has 0 saturated heterocycles. The maximum Gasteiger partial charge on any atom is 0.163 e. The number of hydrogen-bond acceptors (Lipinski definition) is 2. The highest BCUT2D eigenvalue weighted by atomic mass is 16.1. The summed E-state index contributed by atoms with van der Waals surface area (Å²) in [5.74, 6) is 0.250.